The Morgan fingerprint density at radius 1 is 1.30 bits per heavy atom. The van der Waals surface area contributed by atoms with Gasteiger partial charge in [0.15, 0.2) is 0 Å². The zero-order valence-electron chi connectivity index (χ0n) is 13.9. The van der Waals surface area contributed by atoms with E-state index in [9.17, 15) is 5.11 Å². The molecule has 23 heavy (non-hydrogen) atoms. The van der Waals surface area contributed by atoms with Crippen LogP contribution in [0.15, 0.2) is 18.2 Å². The van der Waals surface area contributed by atoms with Crippen molar-refractivity contribution in [3.63, 3.8) is 0 Å². The minimum atomic E-state index is -0.247. The van der Waals surface area contributed by atoms with E-state index in [2.05, 4.69) is 17.1 Å². The Kier molecular flexibility index (Phi) is 8.14. The van der Waals surface area contributed by atoms with Gasteiger partial charge in [-0.3, -0.25) is 0 Å². The minimum absolute atomic E-state index is 0.247. The van der Waals surface area contributed by atoms with Crippen LogP contribution >= 0.6 is 23.2 Å². The maximum absolute atomic E-state index is 10.5. The average molecular weight is 359 g/mol. The third kappa shape index (κ3) is 6.24. The summed E-state index contributed by atoms with van der Waals surface area (Å²) in [6.45, 7) is 6.90. The first kappa shape index (κ1) is 19.0. The molecule has 0 radical (unpaired) electrons. The summed E-state index contributed by atoms with van der Waals surface area (Å²) >= 11 is 12.1. The Hall–Kier alpha value is -0.320. The van der Waals surface area contributed by atoms with Crippen LogP contribution in [0, 0.1) is 5.92 Å². The molecule has 1 aromatic rings. The van der Waals surface area contributed by atoms with Gasteiger partial charge in [0.2, 0.25) is 0 Å². The smallest absolute Gasteiger partial charge is 0.0707 e. The molecule has 1 heterocycles. The van der Waals surface area contributed by atoms with Crippen LogP contribution in [0.5, 0.6) is 0 Å². The molecule has 0 amide bonds. The number of aliphatic hydroxyl groups excluding tert-OH is 1. The first-order valence-corrected chi connectivity index (χ1v) is 9.40. The Morgan fingerprint density at radius 3 is 2.78 bits per heavy atom. The first-order valence-electron chi connectivity index (χ1n) is 8.65. The van der Waals surface area contributed by atoms with Gasteiger partial charge in [0.25, 0.3) is 0 Å². The summed E-state index contributed by atoms with van der Waals surface area (Å²) in [4.78, 5) is 2.36. The topological polar surface area (TPSA) is 35.5 Å². The van der Waals surface area contributed by atoms with Crippen LogP contribution in [0.3, 0.4) is 0 Å². The monoisotopic (exact) mass is 358 g/mol. The molecule has 0 spiro atoms. The van der Waals surface area contributed by atoms with Gasteiger partial charge in [0.05, 0.1) is 16.1 Å². The van der Waals surface area contributed by atoms with E-state index in [1.54, 1.807) is 0 Å². The van der Waals surface area contributed by atoms with Crippen LogP contribution in [-0.2, 0) is 6.42 Å². The molecule has 0 bridgehead atoms. The molecule has 5 heteroatoms. The van der Waals surface area contributed by atoms with Crippen molar-refractivity contribution < 1.29 is 5.11 Å². The molecule has 2 atom stereocenters. The van der Waals surface area contributed by atoms with Crippen LogP contribution in [-0.4, -0.2) is 48.8 Å². The van der Waals surface area contributed by atoms with Crippen LogP contribution in [0.4, 0.5) is 0 Å². The van der Waals surface area contributed by atoms with E-state index in [1.165, 1.54) is 12.0 Å². The fourth-order valence-electron chi connectivity index (χ4n) is 3.21. The number of hydrogen-bond acceptors (Lipinski definition) is 3. The fourth-order valence-corrected chi connectivity index (χ4v) is 3.53. The molecule has 0 saturated carbocycles. The SMILES string of the molecule is CCCN(CCc1ccc(Cl)c(Cl)c1)CC(O)C1CCCNC1. The van der Waals surface area contributed by atoms with Gasteiger partial charge in [0, 0.05) is 19.6 Å². The number of aliphatic hydroxyl groups is 1. The summed E-state index contributed by atoms with van der Waals surface area (Å²) in [5.74, 6) is 0.382. The quantitative estimate of drug-likeness (QED) is 0.744. The first-order chi connectivity index (χ1) is 11.1. The Bertz CT molecular complexity index is 478. The van der Waals surface area contributed by atoms with Gasteiger partial charge in [0.1, 0.15) is 0 Å². The zero-order valence-corrected chi connectivity index (χ0v) is 15.4. The van der Waals surface area contributed by atoms with E-state index >= 15 is 0 Å². The van der Waals surface area contributed by atoms with Crippen molar-refractivity contribution in [3.05, 3.63) is 33.8 Å². The molecule has 2 rings (SSSR count). The molecule has 1 aliphatic rings. The standard InChI is InChI=1S/C18H28Cl2N2O/c1-2-9-22(13-18(23)15-4-3-8-21-12-15)10-7-14-5-6-16(19)17(20)11-14/h5-6,11,15,18,21,23H,2-4,7-10,12-13H2,1H3. The number of rotatable bonds is 8. The lowest BCUT2D eigenvalue weighted by Crippen LogP contribution is -2.43. The lowest BCUT2D eigenvalue weighted by molar-refractivity contribution is 0.0532. The molecule has 0 aromatic heterocycles. The Balaban J connectivity index is 1.85. The van der Waals surface area contributed by atoms with Crippen molar-refractivity contribution in [1.82, 2.24) is 10.2 Å². The highest BCUT2D eigenvalue weighted by Gasteiger charge is 2.23. The largest absolute Gasteiger partial charge is 0.391 e. The number of halogens is 2. The van der Waals surface area contributed by atoms with Crippen molar-refractivity contribution in [2.75, 3.05) is 32.7 Å². The molecule has 1 fully saturated rings. The third-order valence-corrected chi connectivity index (χ3v) is 5.30. The number of nitrogens with one attached hydrogen (secondary N) is 1. The van der Waals surface area contributed by atoms with E-state index in [1.807, 2.05) is 18.2 Å². The zero-order chi connectivity index (χ0) is 16.7. The van der Waals surface area contributed by atoms with Crippen molar-refractivity contribution in [1.29, 1.82) is 0 Å². The fraction of sp³-hybridized carbons (Fsp3) is 0.667. The summed E-state index contributed by atoms with van der Waals surface area (Å²) in [7, 11) is 0. The summed E-state index contributed by atoms with van der Waals surface area (Å²) in [5, 5.41) is 15.1. The van der Waals surface area contributed by atoms with E-state index in [4.69, 9.17) is 23.2 Å². The van der Waals surface area contributed by atoms with E-state index in [-0.39, 0.29) is 6.10 Å². The molecule has 0 aliphatic carbocycles. The molecule has 130 valence electrons. The summed E-state index contributed by atoms with van der Waals surface area (Å²) in [5.41, 5.74) is 1.19. The number of benzene rings is 1. The average Bonchev–Trinajstić information content (AvgIpc) is 2.56. The molecule has 1 saturated heterocycles. The summed E-state index contributed by atoms with van der Waals surface area (Å²) in [6, 6.07) is 5.82. The van der Waals surface area contributed by atoms with Gasteiger partial charge in [-0.25, -0.2) is 0 Å². The van der Waals surface area contributed by atoms with E-state index in [0.29, 0.717) is 16.0 Å². The summed E-state index contributed by atoms with van der Waals surface area (Å²) < 4.78 is 0. The number of nitrogens with zero attached hydrogens (tertiary/aromatic N) is 1. The Morgan fingerprint density at radius 2 is 2.13 bits per heavy atom. The van der Waals surface area contributed by atoms with Crippen LogP contribution in [0.2, 0.25) is 10.0 Å². The van der Waals surface area contributed by atoms with Gasteiger partial charge < -0.3 is 15.3 Å². The van der Waals surface area contributed by atoms with Crippen LogP contribution in [0.25, 0.3) is 0 Å². The van der Waals surface area contributed by atoms with Gasteiger partial charge >= 0.3 is 0 Å². The predicted molar refractivity (Wildman–Crippen MR) is 98.5 cm³/mol. The van der Waals surface area contributed by atoms with Gasteiger partial charge in [-0.05, 0) is 62.4 Å². The molecule has 2 unspecified atom stereocenters. The van der Waals surface area contributed by atoms with E-state index < -0.39 is 0 Å². The number of piperidine rings is 1. The predicted octanol–water partition coefficient (Wildman–Crippen LogP) is 3.61. The third-order valence-electron chi connectivity index (χ3n) is 4.56. The van der Waals surface area contributed by atoms with Gasteiger partial charge in [-0.15, -0.1) is 0 Å². The normalized spacial score (nSPS) is 20.0. The molecule has 1 aliphatic heterocycles. The lowest BCUT2D eigenvalue weighted by Gasteiger charge is -2.31. The van der Waals surface area contributed by atoms with Gasteiger partial charge in [-0.2, -0.15) is 0 Å². The Labute approximate surface area is 150 Å². The second-order valence-corrected chi connectivity index (χ2v) is 7.29. The van der Waals surface area contributed by atoms with E-state index in [0.717, 1.165) is 52.0 Å². The molecule has 1 aromatic carbocycles. The highest BCUT2D eigenvalue weighted by molar-refractivity contribution is 6.42. The second-order valence-electron chi connectivity index (χ2n) is 6.47. The highest BCUT2D eigenvalue weighted by atomic mass is 35.5. The molecule has 3 nitrogen and oxygen atoms in total. The lowest BCUT2D eigenvalue weighted by atomic mass is 9.93. The van der Waals surface area contributed by atoms with Crippen molar-refractivity contribution in [3.8, 4) is 0 Å². The van der Waals surface area contributed by atoms with Crippen LogP contribution < -0.4 is 5.32 Å². The molecular weight excluding hydrogens is 331 g/mol. The van der Waals surface area contributed by atoms with Crippen molar-refractivity contribution >= 4 is 23.2 Å². The molecule has 2 N–H and O–H groups in total. The van der Waals surface area contributed by atoms with Crippen molar-refractivity contribution in [2.24, 2.45) is 5.92 Å². The summed E-state index contributed by atoms with van der Waals surface area (Å²) in [6.07, 6.45) is 4.06. The minimum Gasteiger partial charge on any atom is -0.391 e. The molecular formula is C18H28Cl2N2O. The number of hydrogen-bond donors (Lipinski definition) is 2. The van der Waals surface area contributed by atoms with Crippen LogP contribution in [0.1, 0.15) is 31.7 Å². The van der Waals surface area contributed by atoms with Crippen molar-refractivity contribution in [2.45, 2.75) is 38.7 Å². The maximum atomic E-state index is 10.5. The highest BCUT2D eigenvalue weighted by Crippen LogP contribution is 2.23. The maximum Gasteiger partial charge on any atom is 0.0707 e. The van der Waals surface area contributed by atoms with Gasteiger partial charge in [-0.1, -0.05) is 36.2 Å². The second kappa shape index (κ2) is 9.85.